The van der Waals surface area contributed by atoms with Crippen molar-refractivity contribution in [1.82, 2.24) is 0 Å². The molecule has 0 spiro atoms. The van der Waals surface area contributed by atoms with Crippen LogP contribution in [0.25, 0.3) is 0 Å². The van der Waals surface area contributed by atoms with E-state index >= 15 is 0 Å². The number of sulfonamides is 1. The zero-order chi connectivity index (χ0) is 13.8. The van der Waals surface area contributed by atoms with Crippen molar-refractivity contribution in [1.29, 1.82) is 0 Å². The van der Waals surface area contributed by atoms with Gasteiger partial charge in [0, 0.05) is 5.41 Å². The summed E-state index contributed by atoms with van der Waals surface area (Å²) in [7, 11) is -3.68. The average molecular weight is 320 g/mol. The molecule has 3 rings (SSSR count). The van der Waals surface area contributed by atoms with Crippen molar-refractivity contribution >= 4 is 44.5 Å². The highest BCUT2D eigenvalue weighted by Gasteiger charge is 2.42. The molecule has 104 valence electrons. The third-order valence-electron chi connectivity index (χ3n) is 3.83. The van der Waals surface area contributed by atoms with E-state index in [0.717, 1.165) is 37.0 Å². The number of rotatable bonds is 1. The molecular weight excluding hydrogens is 306 g/mol. The fourth-order valence-corrected chi connectivity index (χ4v) is 5.71. The Morgan fingerprint density at radius 1 is 1.47 bits per heavy atom. The second-order valence-corrected chi connectivity index (χ2v) is 8.73. The number of nitrogens with zero attached hydrogens (tertiary/aromatic N) is 2. The minimum Gasteiger partial charge on any atom is -0.262 e. The molecule has 0 bridgehead atoms. The molecule has 1 aromatic heterocycles. The van der Waals surface area contributed by atoms with E-state index in [4.69, 9.17) is 17.4 Å². The Balaban J connectivity index is 2.16. The fraction of sp³-hybridized carbons (Fsp3) is 0.545. The molecule has 0 aromatic carbocycles. The molecule has 2 heterocycles. The van der Waals surface area contributed by atoms with Gasteiger partial charge in [0.1, 0.15) is 5.84 Å². The standard InChI is InChI=1S/C11H14ClN3O2S2/c1-11(4-2-3-5-11)10-14-19(16,17)9-7(15(10)13)6-8(12)18-9/h6H,2-5,13H2,1H3. The van der Waals surface area contributed by atoms with Crippen LogP contribution in [0.5, 0.6) is 0 Å². The second kappa shape index (κ2) is 4.18. The molecule has 1 aliphatic carbocycles. The van der Waals surface area contributed by atoms with Gasteiger partial charge in [0.15, 0.2) is 4.21 Å². The summed E-state index contributed by atoms with van der Waals surface area (Å²) in [6.45, 7) is 2.02. The first-order chi connectivity index (χ1) is 8.83. The lowest BCUT2D eigenvalue weighted by Crippen LogP contribution is -2.48. The summed E-state index contributed by atoms with van der Waals surface area (Å²) in [5.41, 5.74) is 0.168. The monoisotopic (exact) mass is 319 g/mol. The molecule has 19 heavy (non-hydrogen) atoms. The van der Waals surface area contributed by atoms with E-state index < -0.39 is 10.0 Å². The maximum atomic E-state index is 12.2. The van der Waals surface area contributed by atoms with Gasteiger partial charge in [0.05, 0.1) is 10.0 Å². The zero-order valence-electron chi connectivity index (χ0n) is 10.4. The molecule has 0 saturated heterocycles. The van der Waals surface area contributed by atoms with Crippen molar-refractivity contribution in [3.05, 3.63) is 10.4 Å². The van der Waals surface area contributed by atoms with Gasteiger partial charge >= 0.3 is 0 Å². The largest absolute Gasteiger partial charge is 0.295 e. The Labute approximate surface area is 121 Å². The average Bonchev–Trinajstić information content (AvgIpc) is 2.91. The molecular formula is C11H14ClN3O2S2. The Bertz CT molecular complexity index is 659. The minimum absolute atomic E-state index is 0.130. The first-order valence-corrected chi connectivity index (χ1v) is 8.67. The van der Waals surface area contributed by atoms with Crippen molar-refractivity contribution in [2.75, 3.05) is 5.01 Å². The first kappa shape index (κ1) is 13.4. The number of amidine groups is 1. The quantitative estimate of drug-likeness (QED) is 0.807. The molecule has 2 aliphatic rings. The third-order valence-corrected chi connectivity index (χ3v) is 6.85. The van der Waals surface area contributed by atoms with Crippen LogP contribution in [-0.4, -0.2) is 14.3 Å². The molecule has 0 amide bonds. The van der Waals surface area contributed by atoms with E-state index in [-0.39, 0.29) is 9.62 Å². The minimum atomic E-state index is -3.68. The van der Waals surface area contributed by atoms with Crippen molar-refractivity contribution < 1.29 is 8.42 Å². The molecule has 2 N–H and O–H groups in total. The molecule has 1 aliphatic heterocycles. The van der Waals surface area contributed by atoms with Crippen LogP contribution in [0.1, 0.15) is 32.6 Å². The SMILES string of the molecule is CC1(C2=NS(=O)(=O)c3sc(Cl)cc3N2N)CCCC1. The Morgan fingerprint density at radius 2 is 2.11 bits per heavy atom. The van der Waals surface area contributed by atoms with Crippen LogP contribution in [0, 0.1) is 5.41 Å². The maximum Gasteiger partial charge on any atom is 0.295 e. The predicted octanol–water partition coefficient (Wildman–Crippen LogP) is 2.76. The van der Waals surface area contributed by atoms with Crippen LogP contribution in [0.15, 0.2) is 14.7 Å². The fourth-order valence-electron chi connectivity index (χ4n) is 2.78. The Hall–Kier alpha value is -0.630. The van der Waals surface area contributed by atoms with Gasteiger partial charge in [-0.15, -0.1) is 15.7 Å². The summed E-state index contributed by atoms with van der Waals surface area (Å²) >= 11 is 6.90. The van der Waals surface area contributed by atoms with Gasteiger partial charge in [-0.3, -0.25) is 5.01 Å². The van der Waals surface area contributed by atoms with Crippen LogP contribution < -0.4 is 10.9 Å². The number of halogens is 1. The van der Waals surface area contributed by atoms with Gasteiger partial charge < -0.3 is 0 Å². The molecule has 1 fully saturated rings. The van der Waals surface area contributed by atoms with Crippen molar-refractivity contribution in [2.24, 2.45) is 15.7 Å². The highest BCUT2D eigenvalue weighted by molar-refractivity contribution is 7.92. The van der Waals surface area contributed by atoms with Crippen LogP contribution >= 0.6 is 22.9 Å². The molecule has 1 saturated carbocycles. The summed E-state index contributed by atoms with van der Waals surface area (Å²) in [5.74, 6) is 6.51. The smallest absolute Gasteiger partial charge is 0.262 e. The van der Waals surface area contributed by atoms with Gasteiger partial charge in [-0.2, -0.15) is 8.42 Å². The lowest BCUT2D eigenvalue weighted by atomic mass is 9.87. The van der Waals surface area contributed by atoms with E-state index in [2.05, 4.69) is 4.40 Å². The van der Waals surface area contributed by atoms with Gasteiger partial charge in [-0.25, -0.2) is 5.84 Å². The Kier molecular flexibility index (Phi) is 2.94. The molecule has 0 atom stereocenters. The number of thiophene rings is 1. The number of hydrazine groups is 1. The highest BCUT2D eigenvalue weighted by Crippen LogP contribution is 2.46. The third kappa shape index (κ3) is 1.99. The summed E-state index contributed by atoms with van der Waals surface area (Å²) < 4.78 is 28.9. The predicted molar refractivity (Wildman–Crippen MR) is 77.2 cm³/mol. The summed E-state index contributed by atoms with van der Waals surface area (Å²) in [6, 6.07) is 1.59. The van der Waals surface area contributed by atoms with E-state index in [1.165, 1.54) is 5.01 Å². The summed E-state index contributed by atoms with van der Waals surface area (Å²) in [4.78, 5) is 0. The molecule has 5 nitrogen and oxygen atoms in total. The van der Waals surface area contributed by atoms with E-state index in [1.807, 2.05) is 6.92 Å². The number of anilines is 1. The first-order valence-electron chi connectivity index (χ1n) is 6.03. The normalized spacial score (nSPS) is 24.2. The van der Waals surface area contributed by atoms with Crippen molar-refractivity contribution in [3.63, 3.8) is 0 Å². The number of hydrogen-bond donors (Lipinski definition) is 1. The zero-order valence-corrected chi connectivity index (χ0v) is 12.8. The molecule has 0 unspecified atom stereocenters. The number of nitrogens with two attached hydrogens (primary N) is 1. The van der Waals surface area contributed by atoms with Crippen molar-refractivity contribution in [2.45, 2.75) is 36.8 Å². The van der Waals surface area contributed by atoms with E-state index in [0.29, 0.717) is 15.9 Å². The Morgan fingerprint density at radius 3 is 2.74 bits per heavy atom. The lowest BCUT2D eigenvalue weighted by molar-refractivity contribution is 0.477. The van der Waals surface area contributed by atoms with E-state index in [9.17, 15) is 8.42 Å². The molecule has 8 heteroatoms. The van der Waals surface area contributed by atoms with Crippen molar-refractivity contribution in [3.8, 4) is 0 Å². The molecule has 0 radical (unpaired) electrons. The van der Waals surface area contributed by atoms with Gasteiger partial charge in [0.2, 0.25) is 0 Å². The van der Waals surface area contributed by atoms with Gasteiger partial charge in [-0.05, 0) is 18.9 Å². The topological polar surface area (TPSA) is 75.8 Å². The van der Waals surface area contributed by atoms with Gasteiger partial charge in [-0.1, -0.05) is 31.4 Å². The summed E-state index contributed by atoms with van der Waals surface area (Å²) in [5, 5.41) is 1.39. The second-order valence-electron chi connectivity index (χ2n) is 5.25. The van der Waals surface area contributed by atoms with Crippen LogP contribution in [0.2, 0.25) is 4.34 Å². The highest BCUT2D eigenvalue weighted by atomic mass is 35.5. The number of fused-ring (bicyclic) bond motifs is 1. The van der Waals surface area contributed by atoms with Crippen LogP contribution in [0.3, 0.4) is 0 Å². The van der Waals surface area contributed by atoms with Crippen LogP contribution in [0.4, 0.5) is 5.69 Å². The van der Waals surface area contributed by atoms with E-state index in [1.54, 1.807) is 6.07 Å². The number of hydrogen-bond acceptors (Lipinski definition) is 5. The van der Waals surface area contributed by atoms with Gasteiger partial charge in [0.25, 0.3) is 10.0 Å². The van der Waals surface area contributed by atoms with Crippen LogP contribution in [-0.2, 0) is 10.0 Å². The summed E-state index contributed by atoms with van der Waals surface area (Å²) in [6.07, 6.45) is 3.95. The lowest BCUT2D eigenvalue weighted by Gasteiger charge is -2.34. The molecule has 1 aromatic rings. The maximum absolute atomic E-state index is 12.2.